The van der Waals surface area contributed by atoms with Gasteiger partial charge in [-0.25, -0.2) is 4.79 Å². The Bertz CT molecular complexity index is 470. The van der Waals surface area contributed by atoms with E-state index in [1.165, 1.54) is 20.0 Å². The molecule has 1 aromatic rings. The summed E-state index contributed by atoms with van der Waals surface area (Å²) in [6.07, 6.45) is 3.46. The van der Waals surface area contributed by atoms with E-state index in [4.69, 9.17) is 9.15 Å². The van der Waals surface area contributed by atoms with Gasteiger partial charge in [-0.1, -0.05) is 6.92 Å². The number of aryl methyl sites for hydroxylation is 1. The lowest BCUT2D eigenvalue weighted by Gasteiger charge is -2.33. The molecule has 1 aliphatic rings. The highest BCUT2D eigenvalue weighted by molar-refractivity contribution is 5.90. The molecule has 1 aliphatic heterocycles. The van der Waals surface area contributed by atoms with Gasteiger partial charge in [0, 0.05) is 6.04 Å². The van der Waals surface area contributed by atoms with Crippen LogP contribution < -0.4 is 5.32 Å². The third-order valence-corrected chi connectivity index (χ3v) is 4.07. The molecule has 2 rings (SSSR count). The Morgan fingerprint density at radius 1 is 1.45 bits per heavy atom. The molecule has 22 heavy (non-hydrogen) atoms. The fourth-order valence-electron chi connectivity index (χ4n) is 2.98. The molecule has 0 amide bonds. The van der Waals surface area contributed by atoms with Gasteiger partial charge in [-0.3, -0.25) is 4.90 Å². The molecule has 0 atom stereocenters. The average Bonchev–Trinajstić information content (AvgIpc) is 2.87. The lowest BCUT2D eigenvalue weighted by atomic mass is 10.0. The average molecular weight is 331 g/mol. The van der Waals surface area contributed by atoms with E-state index in [1.54, 1.807) is 0 Å². The van der Waals surface area contributed by atoms with Gasteiger partial charge in [0.1, 0.15) is 17.1 Å². The molecular formula is C16H27ClN2O3. The summed E-state index contributed by atoms with van der Waals surface area (Å²) in [7, 11) is 1.40. The van der Waals surface area contributed by atoms with Crippen molar-refractivity contribution < 1.29 is 13.9 Å². The number of carbonyl (C=O) groups excluding carboxylic acids is 1. The van der Waals surface area contributed by atoms with Crippen LogP contribution in [-0.4, -0.2) is 43.7 Å². The summed E-state index contributed by atoms with van der Waals surface area (Å²) in [5.74, 6) is 1.16. The molecule has 1 N–H and O–H groups in total. The Balaban J connectivity index is 0.00000242. The maximum Gasteiger partial charge on any atom is 0.341 e. The summed E-state index contributed by atoms with van der Waals surface area (Å²) in [6, 6.07) is 2.42. The van der Waals surface area contributed by atoms with Crippen molar-refractivity contribution in [2.24, 2.45) is 0 Å². The summed E-state index contributed by atoms with van der Waals surface area (Å²) in [5, 5.41) is 3.40. The summed E-state index contributed by atoms with van der Waals surface area (Å²) in [6.45, 7) is 7.98. The van der Waals surface area contributed by atoms with E-state index in [1.807, 2.05) is 13.0 Å². The Labute approximate surface area is 138 Å². The van der Waals surface area contributed by atoms with E-state index in [0.717, 1.165) is 38.4 Å². The van der Waals surface area contributed by atoms with Crippen LogP contribution in [0.25, 0.3) is 0 Å². The number of nitrogens with one attached hydrogen (secondary N) is 1. The van der Waals surface area contributed by atoms with Crippen molar-refractivity contribution in [3.63, 3.8) is 0 Å². The first-order valence-electron chi connectivity index (χ1n) is 7.78. The van der Waals surface area contributed by atoms with E-state index in [-0.39, 0.29) is 18.4 Å². The summed E-state index contributed by atoms with van der Waals surface area (Å²) in [4.78, 5) is 14.1. The summed E-state index contributed by atoms with van der Waals surface area (Å²) >= 11 is 0. The zero-order chi connectivity index (χ0) is 15.2. The molecule has 2 heterocycles. The number of methoxy groups -OCH3 is 1. The van der Waals surface area contributed by atoms with E-state index in [9.17, 15) is 4.79 Å². The number of ether oxygens (including phenoxy) is 1. The van der Waals surface area contributed by atoms with Crippen LogP contribution in [0, 0.1) is 6.92 Å². The van der Waals surface area contributed by atoms with Gasteiger partial charge < -0.3 is 14.5 Å². The van der Waals surface area contributed by atoms with Crippen LogP contribution in [0.3, 0.4) is 0 Å². The first kappa shape index (κ1) is 19.0. The monoisotopic (exact) mass is 330 g/mol. The molecule has 0 aliphatic carbocycles. The maximum absolute atomic E-state index is 11.7. The number of rotatable bonds is 6. The predicted octanol–water partition coefficient (Wildman–Crippen LogP) is 2.76. The van der Waals surface area contributed by atoms with Gasteiger partial charge in [-0.15, -0.1) is 12.4 Å². The second-order valence-corrected chi connectivity index (χ2v) is 5.63. The summed E-state index contributed by atoms with van der Waals surface area (Å²) < 4.78 is 10.5. The Morgan fingerprint density at radius 2 is 2.14 bits per heavy atom. The van der Waals surface area contributed by atoms with E-state index in [2.05, 4.69) is 17.1 Å². The fraction of sp³-hybridized carbons (Fsp3) is 0.688. The standard InChI is InChI=1S/C16H26N2O3.ClH/c1-4-9-18(13-5-7-17-8-6-13)11-14-10-15(12(2)21-14)16(19)20-3;/h10,13,17H,4-9,11H2,1-3H3;1H. The molecular weight excluding hydrogens is 304 g/mol. The summed E-state index contributed by atoms with van der Waals surface area (Å²) in [5.41, 5.74) is 0.536. The molecule has 0 radical (unpaired) electrons. The lowest BCUT2D eigenvalue weighted by Crippen LogP contribution is -2.43. The molecule has 0 aromatic carbocycles. The second kappa shape index (κ2) is 9.18. The fourth-order valence-corrected chi connectivity index (χ4v) is 2.98. The zero-order valence-corrected chi connectivity index (χ0v) is 14.5. The van der Waals surface area contributed by atoms with Crippen molar-refractivity contribution >= 4 is 18.4 Å². The van der Waals surface area contributed by atoms with E-state index in [0.29, 0.717) is 17.4 Å². The molecule has 1 fully saturated rings. The molecule has 6 heteroatoms. The van der Waals surface area contributed by atoms with Gasteiger partial charge in [-0.05, 0) is 51.9 Å². The number of esters is 1. The normalized spacial score (nSPS) is 15.6. The van der Waals surface area contributed by atoms with Gasteiger partial charge in [0.15, 0.2) is 0 Å². The van der Waals surface area contributed by atoms with Crippen LogP contribution in [0.15, 0.2) is 10.5 Å². The number of carbonyl (C=O) groups is 1. The topological polar surface area (TPSA) is 54.7 Å². The lowest BCUT2D eigenvalue weighted by molar-refractivity contribution is 0.0599. The number of hydrogen-bond donors (Lipinski definition) is 1. The minimum atomic E-state index is -0.327. The molecule has 0 bridgehead atoms. The third kappa shape index (κ3) is 4.73. The van der Waals surface area contributed by atoms with Gasteiger partial charge in [-0.2, -0.15) is 0 Å². The SMILES string of the molecule is CCCN(Cc1cc(C(=O)OC)c(C)o1)C1CCNCC1.Cl. The van der Waals surface area contributed by atoms with Gasteiger partial charge in [0.25, 0.3) is 0 Å². The van der Waals surface area contributed by atoms with E-state index < -0.39 is 0 Å². The minimum Gasteiger partial charge on any atom is -0.465 e. The molecule has 0 saturated carbocycles. The number of hydrogen-bond acceptors (Lipinski definition) is 5. The number of halogens is 1. The maximum atomic E-state index is 11.7. The van der Waals surface area contributed by atoms with Crippen molar-refractivity contribution in [2.45, 2.75) is 45.7 Å². The molecule has 0 spiro atoms. The van der Waals surface area contributed by atoms with Gasteiger partial charge in [0.05, 0.1) is 13.7 Å². The van der Waals surface area contributed by atoms with Crippen molar-refractivity contribution in [3.05, 3.63) is 23.2 Å². The molecule has 1 aromatic heterocycles. The van der Waals surface area contributed by atoms with Gasteiger partial charge >= 0.3 is 5.97 Å². The van der Waals surface area contributed by atoms with Crippen molar-refractivity contribution in [1.29, 1.82) is 0 Å². The highest BCUT2D eigenvalue weighted by Crippen LogP contribution is 2.20. The van der Waals surface area contributed by atoms with Crippen molar-refractivity contribution in [3.8, 4) is 0 Å². The highest BCUT2D eigenvalue weighted by Gasteiger charge is 2.23. The van der Waals surface area contributed by atoms with Crippen LogP contribution in [0.4, 0.5) is 0 Å². The Kier molecular flexibility index (Phi) is 7.93. The highest BCUT2D eigenvalue weighted by atomic mass is 35.5. The van der Waals surface area contributed by atoms with E-state index >= 15 is 0 Å². The smallest absolute Gasteiger partial charge is 0.341 e. The van der Waals surface area contributed by atoms with Crippen molar-refractivity contribution in [1.82, 2.24) is 10.2 Å². The first-order chi connectivity index (χ1) is 10.2. The predicted molar refractivity (Wildman–Crippen MR) is 88.6 cm³/mol. The number of nitrogens with zero attached hydrogens (tertiary/aromatic N) is 1. The quantitative estimate of drug-likeness (QED) is 0.813. The molecule has 0 unspecified atom stereocenters. The van der Waals surface area contributed by atoms with Crippen LogP contribution in [0.2, 0.25) is 0 Å². The first-order valence-corrected chi connectivity index (χ1v) is 7.78. The zero-order valence-electron chi connectivity index (χ0n) is 13.7. The largest absolute Gasteiger partial charge is 0.465 e. The molecule has 1 saturated heterocycles. The Morgan fingerprint density at radius 3 is 2.73 bits per heavy atom. The van der Waals surface area contributed by atoms with Gasteiger partial charge in [0.2, 0.25) is 0 Å². The molecule has 5 nitrogen and oxygen atoms in total. The third-order valence-electron chi connectivity index (χ3n) is 4.07. The van der Waals surface area contributed by atoms with Crippen LogP contribution >= 0.6 is 12.4 Å². The van der Waals surface area contributed by atoms with Crippen LogP contribution in [0.1, 0.15) is 48.1 Å². The second-order valence-electron chi connectivity index (χ2n) is 5.63. The van der Waals surface area contributed by atoms with Crippen LogP contribution in [0.5, 0.6) is 0 Å². The Hall–Kier alpha value is -1.04. The number of piperidine rings is 1. The van der Waals surface area contributed by atoms with Crippen LogP contribution in [-0.2, 0) is 11.3 Å². The molecule has 126 valence electrons. The minimum absolute atomic E-state index is 0. The van der Waals surface area contributed by atoms with Crippen molar-refractivity contribution in [2.75, 3.05) is 26.7 Å². The number of furan rings is 1.